The quantitative estimate of drug-likeness (QED) is 0.0369. The Balaban J connectivity index is 1.27. The number of hydrogen-bond donors (Lipinski definition) is 0. The van der Waals surface area contributed by atoms with E-state index in [4.69, 9.17) is 28.9 Å². The van der Waals surface area contributed by atoms with Gasteiger partial charge in [-0.25, -0.2) is 0 Å². The minimum Gasteiger partial charge on any atom is -0.377 e. The summed E-state index contributed by atoms with van der Waals surface area (Å²) >= 11 is 0. The third kappa shape index (κ3) is 18.0. The number of aromatic nitrogens is 2. The third-order valence-electron chi connectivity index (χ3n) is 14.1. The van der Waals surface area contributed by atoms with E-state index in [1.807, 2.05) is 12.4 Å². The van der Waals surface area contributed by atoms with E-state index in [-0.39, 0.29) is 6.29 Å². The highest BCUT2D eigenvalue weighted by molar-refractivity contribution is 6.90. The van der Waals surface area contributed by atoms with Crippen LogP contribution < -0.4 is 0 Å². The molecule has 6 rings (SSSR count). The summed E-state index contributed by atoms with van der Waals surface area (Å²) in [6, 6.07) is 28.0. The second kappa shape index (κ2) is 29.3. The zero-order chi connectivity index (χ0) is 52.9. The average Bonchev–Trinajstić information content (AvgIpc) is 3.39. The Labute approximate surface area is 449 Å². The molecule has 74 heavy (non-hydrogen) atoms. The molecule has 0 spiro atoms. The van der Waals surface area contributed by atoms with Gasteiger partial charge >= 0.3 is 0 Å². The number of nitrogens with zero attached hydrogens (tertiary/aromatic N) is 2. The summed E-state index contributed by atoms with van der Waals surface area (Å²) in [5.74, 6) is 14.2. The molecular weight excluding hydrogens is 941 g/mol. The van der Waals surface area contributed by atoms with Crippen LogP contribution in [0.25, 0.3) is 33.6 Å². The van der Waals surface area contributed by atoms with Gasteiger partial charge < -0.3 is 18.9 Å². The van der Waals surface area contributed by atoms with Gasteiger partial charge in [-0.15, -0.1) is 11.1 Å². The van der Waals surface area contributed by atoms with Crippen LogP contribution in [-0.4, -0.2) is 52.2 Å². The Hall–Kier alpha value is -5.09. The van der Waals surface area contributed by atoms with Crippen molar-refractivity contribution in [2.24, 2.45) is 0 Å². The predicted octanol–water partition coefficient (Wildman–Crippen LogP) is 16.9. The van der Waals surface area contributed by atoms with Crippen LogP contribution in [0.5, 0.6) is 0 Å². The molecule has 6 nitrogen and oxygen atoms in total. The van der Waals surface area contributed by atoms with Gasteiger partial charge in [0.25, 0.3) is 0 Å². The normalized spacial score (nSPS) is 13.8. The molecule has 1 atom stereocenters. The van der Waals surface area contributed by atoms with Gasteiger partial charge in [-0.2, -0.15) is 0 Å². The number of pyridine rings is 2. The van der Waals surface area contributed by atoms with Crippen molar-refractivity contribution in [1.82, 2.24) is 9.97 Å². The number of ether oxygens (including phenoxy) is 4. The van der Waals surface area contributed by atoms with E-state index in [1.165, 1.54) is 38.5 Å². The zero-order valence-corrected chi connectivity index (χ0v) is 49.0. The molecule has 3 aromatic carbocycles. The van der Waals surface area contributed by atoms with E-state index in [1.54, 1.807) is 0 Å². The van der Waals surface area contributed by atoms with E-state index in [9.17, 15) is 0 Å². The Morgan fingerprint density at radius 2 is 1.00 bits per heavy atom. The van der Waals surface area contributed by atoms with Crippen molar-refractivity contribution in [3.63, 3.8) is 0 Å². The Morgan fingerprint density at radius 3 is 1.45 bits per heavy atom. The Kier molecular flexibility index (Phi) is 23.0. The molecule has 0 aliphatic carbocycles. The van der Waals surface area contributed by atoms with E-state index in [2.05, 4.69) is 189 Å². The first-order chi connectivity index (χ1) is 35.6. The third-order valence-corrected chi connectivity index (χ3v) is 21.2. The number of unbranched alkanes of at least 4 members (excludes halogenated alkanes) is 6. The lowest BCUT2D eigenvalue weighted by Crippen LogP contribution is -2.43. The van der Waals surface area contributed by atoms with Crippen molar-refractivity contribution in [2.45, 2.75) is 188 Å². The van der Waals surface area contributed by atoms with Gasteiger partial charge in [-0.1, -0.05) is 149 Å². The fourth-order valence-corrected chi connectivity index (χ4v) is 15.8. The van der Waals surface area contributed by atoms with Crippen molar-refractivity contribution in [3.05, 3.63) is 130 Å². The van der Waals surface area contributed by atoms with Crippen molar-refractivity contribution in [1.29, 1.82) is 0 Å². The molecule has 392 valence electrons. The minimum absolute atomic E-state index is 0.166. The fourth-order valence-electron chi connectivity index (χ4n) is 10.1. The number of benzene rings is 3. The lowest BCUT2D eigenvalue weighted by atomic mass is 10.00. The summed E-state index contributed by atoms with van der Waals surface area (Å²) in [4.78, 5) is 9.96. The monoisotopic (exact) mass is 1030 g/mol. The maximum absolute atomic E-state index is 6.23. The first-order valence-corrected chi connectivity index (χ1v) is 33.7. The molecule has 5 aromatic rings. The van der Waals surface area contributed by atoms with E-state index >= 15 is 0 Å². The van der Waals surface area contributed by atoms with E-state index in [0.29, 0.717) is 36.4 Å². The van der Waals surface area contributed by atoms with Crippen LogP contribution in [0.2, 0.25) is 36.3 Å². The summed E-state index contributed by atoms with van der Waals surface area (Å²) in [5.41, 5.74) is 22.1. The molecule has 0 radical (unpaired) electrons. The first-order valence-electron chi connectivity index (χ1n) is 28.0. The van der Waals surface area contributed by atoms with E-state index in [0.717, 1.165) is 125 Å². The Bertz CT molecular complexity index is 2710. The van der Waals surface area contributed by atoms with Crippen molar-refractivity contribution >= 4 is 16.1 Å². The van der Waals surface area contributed by atoms with Crippen LogP contribution in [0, 0.1) is 34.8 Å². The summed E-state index contributed by atoms with van der Waals surface area (Å²) in [5, 5.41) is 0. The molecular formula is C66H86N2O4Si2. The maximum Gasteiger partial charge on any atom is 0.158 e. The van der Waals surface area contributed by atoms with Crippen LogP contribution in [0.4, 0.5) is 0 Å². The van der Waals surface area contributed by atoms with Gasteiger partial charge in [0.05, 0.1) is 31.2 Å². The zero-order valence-electron chi connectivity index (χ0n) is 47.0. The molecule has 1 saturated heterocycles. The predicted molar refractivity (Wildman–Crippen MR) is 315 cm³/mol. The fraction of sp³-hybridized carbons (Fsp3) is 0.485. The van der Waals surface area contributed by atoms with Gasteiger partial charge in [-0.3, -0.25) is 9.97 Å². The van der Waals surface area contributed by atoms with Crippen molar-refractivity contribution in [2.75, 3.05) is 19.8 Å². The van der Waals surface area contributed by atoms with Crippen LogP contribution in [-0.2, 0) is 38.8 Å². The summed E-state index contributed by atoms with van der Waals surface area (Å²) < 4.78 is 24.6. The second-order valence-electron chi connectivity index (χ2n) is 22.4. The molecule has 2 aromatic heterocycles. The van der Waals surface area contributed by atoms with Crippen LogP contribution in [0.1, 0.15) is 165 Å². The standard InChI is InChI=1S/C66H86N2O4Si2/c1-12-14-16-19-31-69-47-58-38-54(24-23-53-36-55(29-34-73(9,10)11)39-57(37-53)49-72-66-22-18-21-33-71-66)41-62(43-58)60-25-27-64(67-45-60)65-28-26-61(46-68-65)63-42-56(30-35-74(50(3)4,51(5)6)52(7)8)40-59(44-63)48-70-32-20-17-15-13-2/h25-28,36-46,50-52,66H,12-22,31-33,47-49H2,1-11H3. The van der Waals surface area contributed by atoms with Crippen LogP contribution in [0.3, 0.4) is 0 Å². The average molecular weight is 1030 g/mol. The maximum atomic E-state index is 6.23. The molecule has 0 N–H and O–H groups in total. The highest BCUT2D eigenvalue weighted by Crippen LogP contribution is 2.41. The molecule has 0 saturated carbocycles. The summed E-state index contributed by atoms with van der Waals surface area (Å²) in [6.07, 6.45) is 16.3. The van der Waals surface area contributed by atoms with Gasteiger partial charge in [0.2, 0.25) is 0 Å². The largest absolute Gasteiger partial charge is 0.377 e. The smallest absolute Gasteiger partial charge is 0.158 e. The highest BCUT2D eigenvalue weighted by atomic mass is 28.3. The molecule has 0 amide bonds. The van der Waals surface area contributed by atoms with Gasteiger partial charge in [-0.05, 0) is 143 Å². The van der Waals surface area contributed by atoms with Crippen molar-refractivity contribution < 1.29 is 18.9 Å². The number of hydrogen-bond acceptors (Lipinski definition) is 6. The van der Waals surface area contributed by atoms with Crippen LogP contribution in [0.15, 0.2) is 91.3 Å². The first kappa shape index (κ1) is 58.2. The minimum atomic E-state index is -1.92. The summed E-state index contributed by atoms with van der Waals surface area (Å²) in [6.45, 7) is 29.3. The highest BCUT2D eigenvalue weighted by Gasteiger charge is 2.41. The van der Waals surface area contributed by atoms with E-state index < -0.39 is 16.1 Å². The second-order valence-corrected chi connectivity index (χ2v) is 32.7. The van der Waals surface area contributed by atoms with Crippen LogP contribution >= 0.6 is 0 Å². The molecule has 3 heterocycles. The van der Waals surface area contributed by atoms with Crippen molar-refractivity contribution in [3.8, 4) is 68.4 Å². The lowest BCUT2D eigenvalue weighted by Gasteiger charge is -2.38. The molecule has 0 bridgehead atoms. The SMILES string of the molecule is CCCCCCOCc1cc(C#Cc2cc(C#C[Si](C)(C)C)cc(COC3CCCCO3)c2)cc(-c2ccc(-c3ccc(-c4cc(C#C[Si](C(C)C)(C(C)C)C(C)C)cc(COCCCCCC)c4)cn3)nc2)c1. The number of rotatable bonds is 23. The molecule has 1 aliphatic rings. The molecule has 8 heteroatoms. The van der Waals surface area contributed by atoms with Gasteiger partial charge in [0.1, 0.15) is 16.1 Å². The van der Waals surface area contributed by atoms with Gasteiger partial charge in [0.15, 0.2) is 6.29 Å². The lowest BCUT2D eigenvalue weighted by molar-refractivity contribution is -0.168. The molecule has 1 fully saturated rings. The molecule has 1 aliphatic heterocycles. The summed E-state index contributed by atoms with van der Waals surface area (Å²) in [7, 11) is -3.52. The van der Waals surface area contributed by atoms with Gasteiger partial charge in [0, 0.05) is 65.6 Å². The Morgan fingerprint density at radius 1 is 0.527 bits per heavy atom. The topological polar surface area (TPSA) is 62.7 Å². The molecule has 1 unspecified atom stereocenters.